The van der Waals surface area contributed by atoms with Crippen molar-refractivity contribution in [3.05, 3.63) is 101 Å². The molecule has 6 amide bonds. The Labute approximate surface area is 363 Å². The Kier molecular flexibility index (Phi) is 13.5. The van der Waals surface area contributed by atoms with Crippen molar-refractivity contribution in [1.29, 1.82) is 0 Å². The first-order chi connectivity index (χ1) is 29.5. The lowest BCUT2D eigenvalue weighted by Crippen LogP contribution is -2.59. The molecule has 6 N–H and O–H groups in total. The number of aryl methyl sites for hydroxylation is 1. The number of nitrogens with zero attached hydrogens (tertiary/aromatic N) is 3. The Morgan fingerprint density at radius 2 is 0.984 bits per heavy atom. The van der Waals surface area contributed by atoms with Crippen LogP contribution in [0, 0.1) is 18.8 Å². The summed E-state index contributed by atoms with van der Waals surface area (Å²) in [6.07, 6.45) is 1.95. The normalized spacial score (nSPS) is 23.3. The molecule has 0 spiro atoms. The molecule has 3 aliphatic rings. The van der Waals surface area contributed by atoms with E-state index in [1.165, 1.54) is 24.0 Å². The standard InChI is InChI=1S/C47H61N7O8/c1-28(2)38(50-44(59)61-6)40(55)52-26-8-24-46(52,42(48)57)33-16-12-31(13-17-33)36-22-23-37(54(36)35-20-10-30(5)11-21-35)32-14-18-34(19-15-32)47(43(49)58)25-9-27-53(47)41(56)39(29(3)4)51-45(60)62-7/h10-21,28-29,36-39H,8-9,22-27H2,1-7H3,(H2,48,57)(H2,49,58)(H,50,59)(H,51,60)/t36-,37-,38-,39-,46-,47-/m0/s1. The molecule has 0 aromatic heterocycles. The van der Waals surface area contributed by atoms with Gasteiger partial charge in [0.2, 0.25) is 23.6 Å². The first kappa shape index (κ1) is 45.4. The number of benzene rings is 3. The largest absolute Gasteiger partial charge is 0.453 e. The quantitative estimate of drug-likeness (QED) is 0.172. The highest BCUT2D eigenvalue weighted by Crippen LogP contribution is 2.49. The molecule has 15 heteroatoms. The molecule has 0 radical (unpaired) electrons. The van der Waals surface area contributed by atoms with E-state index in [0.29, 0.717) is 49.9 Å². The van der Waals surface area contributed by atoms with Crippen LogP contribution in [-0.2, 0) is 39.7 Å². The fourth-order valence-electron chi connectivity index (χ4n) is 9.87. The SMILES string of the molecule is COC(=O)N[C@H](C(=O)N1CCC[C@@]1(C(N)=O)c1ccc([C@@H]2CC[C@@H](c3ccc([C@]4(C(N)=O)CCCN4C(=O)[C@@H](NC(=O)OC)C(C)C)cc3)N2c2ccc(C)cc2)cc1)C(C)C. The summed E-state index contributed by atoms with van der Waals surface area (Å²) in [5.74, 6) is -2.62. The van der Waals surface area contributed by atoms with Gasteiger partial charge in [-0.3, -0.25) is 19.2 Å². The van der Waals surface area contributed by atoms with E-state index in [1.807, 2.05) is 83.1 Å². The molecule has 62 heavy (non-hydrogen) atoms. The highest BCUT2D eigenvalue weighted by atomic mass is 16.5. The molecule has 332 valence electrons. The highest BCUT2D eigenvalue weighted by molar-refractivity contribution is 5.96. The third kappa shape index (κ3) is 8.28. The summed E-state index contributed by atoms with van der Waals surface area (Å²) in [6, 6.07) is 22.0. The number of nitrogens with one attached hydrogen (secondary N) is 2. The molecule has 6 rings (SSSR count). The van der Waals surface area contributed by atoms with Crippen LogP contribution in [0.3, 0.4) is 0 Å². The van der Waals surface area contributed by atoms with Crippen LogP contribution < -0.4 is 27.0 Å². The summed E-state index contributed by atoms with van der Waals surface area (Å²) >= 11 is 0. The summed E-state index contributed by atoms with van der Waals surface area (Å²) in [6.45, 7) is 9.93. The Balaban J connectivity index is 1.32. The zero-order chi connectivity index (χ0) is 45.1. The summed E-state index contributed by atoms with van der Waals surface area (Å²) in [7, 11) is 2.47. The fraction of sp³-hybridized carbons (Fsp3) is 0.489. The van der Waals surface area contributed by atoms with Crippen molar-refractivity contribution in [2.45, 2.75) is 108 Å². The van der Waals surface area contributed by atoms with E-state index < -0.39 is 59.0 Å². The number of ether oxygens (including phenoxy) is 2. The third-order valence-corrected chi connectivity index (χ3v) is 13.2. The van der Waals surface area contributed by atoms with E-state index in [9.17, 15) is 28.8 Å². The smallest absolute Gasteiger partial charge is 0.407 e. The second-order valence-corrected chi connectivity index (χ2v) is 17.4. The lowest BCUT2D eigenvalue weighted by Gasteiger charge is -2.39. The maximum absolute atomic E-state index is 14.1. The number of rotatable bonds is 13. The van der Waals surface area contributed by atoms with Crippen molar-refractivity contribution in [3.8, 4) is 0 Å². The number of hydrogen-bond donors (Lipinski definition) is 4. The molecule has 3 aliphatic heterocycles. The Morgan fingerprint density at radius 3 is 1.31 bits per heavy atom. The van der Waals surface area contributed by atoms with E-state index in [-0.39, 0.29) is 23.9 Å². The minimum Gasteiger partial charge on any atom is -0.453 e. The van der Waals surface area contributed by atoms with Gasteiger partial charge in [0, 0.05) is 18.8 Å². The van der Waals surface area contributed by atoms with Crippen molar-refractivity contribution in [1.82, 2.24) is 20.4 Å². The van der Waals surface area contributed by atoms with Gasteiger partial charge < -0.3 is 46.3 Å². The molecule has 3 aromatic rings. The zero-order valence-electron chi connectivity index (χ0n) is 36.8. The van der Waals surface area contributed by atoms with Gasteiger partial charge in [0.05, 0.1) is 26.3 Å². The van der Waals surface area contributed by atoms with E-state index in [0.717, 1.165) is 35.2 Å². The van der Waals surface area contributed by atoms with Gasteiger partial charge in [0.15, 0.2) is 0 Å². The van der Waals surface area contributed by atoms with Crippen LogP contribution in [0.5, 0.6) is 0 Å². The molecule has 0 unspecified atom stereocenters. The number of primary amides is 2. The highest BCUT2D eigenvalue weighted by Gasteiger charge is 2.53. The van der Waals surface area contributed by atoms with E-state index >= 15 is 0 Å². The first-order valence-corrected chi connectivity index (χ1v) is 21.5. The Morgan fingerprint density at radius 1 is 0.613 bits per heavy atom. The fourth-order valence-corrected chi connectivity index (χ4v) is 9.87. The van der Waals surface area contributed by atoms with Crippen molar-refractivity contribution in [2.75, 3.05) is 32.2 Å². The van der Waals surface area contributed by atoms with Gasteiger partial charge in [0.25, 0.3) is 0 Å². The predicted molar refractivity (Wildman–Crippen MR) is 233 cm³/mol. The van der Waals surface area contributed by atoms with Gasteiger partial charge in [-0.05, 0) is 91.7 Å². The number of alkyl carbamates (subject to hydrolysis) is 2. The number of carbonyl (C=O) groups excluding carboxylic acids is 6. The van der Waals surface area contributed by atoms with E-state index in [2.05, 4.69) is 39.8 Å². The number of hydrogen-bond acceptors (Lipinski definition) is 9. The second kappa shape index (κ2) is 18.5. The molecular formula is C47H61N7O8. The van der Waals surface area contributed by atoms with Crippen molar-refractivity contribution in [2.24, 2.45) is 23.3 Å². The molecule has 0 saturated carbocycles. The maximum atomic E-state index is 14.1. The van der Waals surface area contributed by atoms with Crippen LogP contribution in [-0.4, -0.2) is 85.0 Å². The number of amides is 6. The minimum atomic E-state index is -1.40. The summed E-state index contributed by atoms with van der Waals surface area (Å²) in [5.41, 5.74) is 15.0. The minimum absolute atomic E-state index is 0.0629. The average molecular weight is 852 g/mol. The summed E-state index contributed by atoms with van der Waals surface area (Å²) in [5, 5.41) is 5.28. The van der Waals surface area contributed by atoms with Gasteiger partial charge in [-0.1, -0.05) is 93.9 Å². The first-order valence-electron chi connectivity index (χ1n) is 21.5. The van der Waals surface area contributed by atoms with Crippen molar-refractivity contribution in [3.63, 3.8) is 0 Å². The molecule has 6 atom stereocenters. The Hall–Kier alpha value is -6.12. The van der Waals surface area contributed by atoms with Crippen LogP contribution in [0.4, 0.5) is 15.3 Å². The lowest BCUT2D eigenvalue weighted by molar-refractivity contribution is -0.146. The number of nitrogens with two attached hydrogens (primary N) is 2. The second-order valence-electron chi connectivity index (χ2n) is 17.4. The lowest BCUT2D eigenvalue weighted by atomic mass is 9.84. The molecule has 3 saturated heterocycles. The predicted octanol–water partition coefficient (Wildman–Crippen LogP) is 5.45. The summed E-state index contributed by atoms with van der Waals surface area (Å²) < 4.78 is 9.58. The van der Waals surface area contributed by atoms with Crippen molar-refractivity contribution >= 4 is 41.5 Å². The van der Waals surface area contributed by atoms with Gasteiger partial charge in [-0.2, -0.15) is 0 Å². The van der Waals surface area contributed by atoms with Crippen molar-refractivity contribution < 1.29 is 38.2 Å². The number of likely N-dealkylation sites (tertiary alicyclic amines) is 2. The summed E-state index contributed by atoms with van der Waals surface area (Å²) in [4.78, 5) is 85.0. The third-order valence-electron chi connectivity index (χ3n) is 13.2. The van der Waals surface area contributed by atoms with Gasteiger partial charge in [0.1, 0.15) is 23.2 Å². The topological polar surface area (TPSA) is 207 Å². The van der Waals surface area contributed by atoms with Crippen LogP contribution in [0.15, 0.2) is 72.8 Å². The maximum Gasteiger partial charge on any atom is 0.407 e. The van der Waals surface area contributed by atoms with Crippen LogP contribution in [0.1, 0.15) is 106 Å². The van der Waals surface area contributed by atoms with E-state index in [1.54, 1.807) is 0 Å². The molecule has 3 aromatic carbocycles. The molecule has 0 bridgehead atoms. The van der Waals surface area contributed by atoms with Gasteiger partial charge >= 0.3 is 12.2 Å². The van der Waals surface area contributed by atoms with E-state index in [4.69, 9.17) is 20.9 Å². The Bertz CT molecular complexity index is 2010. The van der Waals surface area contributed by atoms with Gasteiger partial charge in [-0.15, -0.1) is 0 Å². The van der Waals surface area contributed by atoms with Gasteiger partial charge in [-0.25, -0.2) is 9.59 Å². The molecule has 3 fully saturated rings. The zero-order valence-corrected chi connectivity index (χ0v) is 36.8. The molecule has 3 heterocycles. The van der Waals surface area contributed by atoms with Crippen LogP contribution >= 0.6 is 0 Å². The molecular weight excluding hydrogens is 791 g/mol. The number of methoxy groups -OCH3 is 2. The number of anilines is 1. The number of carbonyl (C=O) groups is 6. The molecule has 0 aliphatic carbocycles. The average Bonchev–Trinajstić information content (AvgIpc) is 4.03. The molecule has 15 nitrogen and oxygen atoms in total. The van der Waals surface area contributed by atoms with Crippen LogP contribution in [0.2, 0.25) is 0 Å². The monoisotopic (exact) mass is 851 g/mol. The van der Waals surface area contributed by atoms with Crippen LogP contribution in [0.25, 0.3) is 0 Å².